The molecule has 0 saturated heterocycles. The summed E-state index contributed by atoms with van der Waals surface area (Å²) in [5.41, 5.74) is 3.48. The van der Waals surface area contributed by atoms with E-state index in [4.69, 9.17) is 0 Å². The average Bonchev–Trinajstić information content (AvgIpc) is 2.33. The van der Waals surface area contributed by atoms with Gasteiger partial charge in [-0.25, -0.2) is 0 Å². The maximum absolute atomic E-state index is 12.3. The van der Waals surface area contributed by atoms with Crippen molar-refractivity contribution in [3.05, 3.63) is 62.0 Å². The summed E-state index contributed by atoms with van der Waals surface area (Å²) in [6.45, 7) is 3.89. The first-order valence-corrected chi connectivity index (χ1v) is 7.39. The molecule has 0 heterocycles. The summed E-state index contributed by atoms with van der Waals surface area (Å²) in [6.07, 6.45) is 0. The molecule has 19 heavy (non-hydrogen) atoms. The number of aryl methyl sites for hydroxylation is 2. The molecule has 0 spiro atoms. The maximum Gasteiger partial charge on any atom is 0.255 e. The SMILES string of the molecule is Cc1ccc(Br)cc1NC(=O)c1ccc(Br)cc1C. The summed E-state index contributed by atoms with van der Waals surface area (Å²) in [5.74, 6) is -0.0915. The number of anilines is 1. The summed E-state index contributed by atoms with van der Waals surface area (Å²) < 4.78 is 1.92. The van der Waals surface area contributed by atoms with E-state index in [1.54, 1.807) is 0 Å². The maximum atomic E-state index is 12.3. The van der Waals surface area contributed by atoms with Crippen LogP contribution in [-0.2, 0) is 0 Å². The molecule has 0 radical (unpaired) electrons. The molecule has 0 aliphatic rings. The molecular formula is C15H13Br2NO. The number of carbonyl (C=O) groups excluding carboxylic acids is 1. The Morgan fingerprint density at radius 2 is 1.58 bits per heavy atom. The van der Waals surface area contributed by atoms with Gasteiger partial charge in [-0.15, -0.1) is 0 Å². The fourth-order valence-electron chi connectivity index (χ4n) is 1.80. The lowest BCUT2D eigenvalue weighted by molar-refractivity contribution is 0.102. The largest absolute Gasteiger partial charge is 0.322 e. The Morgan fingerprint density at radius 1 is 0.947 bits per heavy atom. The fourth-order valence-corrected chi connectivity index (χ4v) is 2.64. The van der Waals surface area contributed by atoms with Crippen LogP contribution >= 0.6 is 31.9 Å². The third kappa shape index (κ3) is 3.45. The molecule has 0 aliphatic heterocycles. The molecule has 4 heteroatoms. The van der Waals surface area contributed by atoms with Gasteiger partial charge in [0.1, 0.15) is 0 Å². The Kier molecular flexibility index (Phi) is 4.42. The second-order valence-corrected chi connectivity index (χ2v) is 6.20. The third-order valence-corrected chi connectivity index (χ3v) is 3.87. The van der Waals surface area contributed by atoms with Crippen LogP contribution in [0.5, 0.6) is 0 Å². The topological polar surface area (TPSA) is 29.1 Å². The highest BCUT2D eigenvalue weighted by molar-refractivity contribution is 9.10. The number of amides is 1. The Labute approximate surface area is 129 Å². The van der Waals surface area contributed by atoms with E-state index in [1.807, 2.05) is 50.2 Å². The van der Waals surface area contributed by atoms with Crippen molar-refractivity contribution in [2.75, 3.05) is 5.32 Å². The zero-order valence-electron chi connectivity index (χ0n) is 10.6. The molecule has 98 valence electrons. The average molecular weight is 383 g/mol. The predicted octanol–water partition coefficient (Wildman–Crippen LogP) is 5.08. The highest BCUT2D eigenvalue weighted by atomic mass is 79.9. The van der Waals surface area contributed by atoms with Gasteiger partial charge in [0, 0.05) is 20.2 Å². The molecule has 2 nitrogen and oxygen atoms in total. The van der Waals surface area contributed by atoms with Gasteiger partial charge < -0.3 is 5.32 Å². The van der Waals surface area contributed by atoms with Gasteiger partial charge in [0.05, 0.1) is 0 Å². The minimum Gasteiger partial charge on any atom is -0.322 e. The number of halogens is 2. The Morgan fingerprint density at radius 3 is 2.26 bits per heavy atom. The normalized spacial score (nSPS) is 10.3. The lowest BCUT2D eigenvalue weighted by atomic mass is 10.1. The molecule has 0 fully saturated rings. The molecule has 0 aromatic heterocycles. The summed E-state index contributed by atoms with van der Waals surface area (Å²) in [6, 6.07) is 11.5. The van der Waals surface area contributed by atoms with Crippen LogP contribution < -0.4 is 5.32 Å². The van der Waals surface area contributed by atoms with Crippen LogP contribution in [0.15, 0.2) is 45.3 Å². The zero-order chi connectivity index (χ0) is 14.0. The molecular weight excluding hydrogens is 370 g/mol. The minimum absolute atomic E-state index is 0.0915. The van der Waals surface area contributed by atoms with E-state index >= 15 is 0 Å². The molecule has 2 aromatic carbocycles. The van der Waals surface area contributed by atoms with Crippen LogP contribution in [-0.4, -0.2) is 5.91 Å². The van der Waals surface area contributed by atoms with Crippen molar-refractivity contribution in [1.29, 1.82) is 0 Å². The van der Waals surface area contributed by atoms with Gasteiger partial charge in [0.15, 0.2) is 0 Å². The van der Waals surface area contributed by atoms with Crippen LogP contribution in [0.2, 0.25) is 0 Å². The van der Waals surface area contributed by atoms with Gasteiger partial charge in [-0.05, 0) is 55.3 Å². The van der Waals surface area contributed by atoms with Gasteiger partial charge in [0.2, 0.25) is 0 Å². The van der Waals surface area contributed by atoms with Crippen LogP contribution in [0, 0.1) is 13.8 Å². The van der Waals surface area contributed by atoms with Crippen molar-refractivity contribution in [1.82, 2.24) is 0 Å². The number of rotatable bonds is 2. The number of carbonyl (C=O) groups is 1. The standard InChI is InChI=1S/C15H13Br2NO/c1-9-3-4-12(17)8-14(9)18-15(19)13-6-5-11(16)7-10(13)2/h3-8H,1-2H3,(H,18,19). The van der Waals surface area contributed by atoms with Gasteiger partial charge >= 0.3 is 0 Å². The summed E-state index contributed by atoms with van der Waals surface area (Å²) in [5, 5.41) is 2.94. The summed E-state index contributed by atoms with van der Waals surface area (Å²) >= 11 is 6.80. The van der Waals surface area contributed by atoms with Crippen molar-refractivity contribution >= 4 is 43.5 Å². The number of benzene rings is 2. The smallest absolute Gasteiger partial charge is 0.255 e. The second-order valence-electron chi connectivity index (χ2n) is 4.37. The molecule has 2 rings (SSSR count). The quantitative estimate of drug-likeness (QED) is 0.770. The van der Waals surface area contributed by atoms with Crippen molar-refractivity contribution < 1.29 is 4.79 Å². The van der Waals surface area contributed by atoms with Gasteiger partial charge in [0.25, 0.3) is 5.91 Å². The molecule has 0 saturated carbocycles. The Bertz CT molecular complexity index is 638. The Hall–Kier alpha value is -1.13. The van der Waals surface area contributed by atoms with Gasteiger partial charge in [-0.3, -0.25) is 4.79 Å². The first-order chi connectivity index (χ1) is 8.97. The van der Waals surface area contributed by atoms with Crippen molar-refractivity contribution in [2.45, 2.75) is 13.8 Å². The van der Waals surface area contributed by atoms with Gasteiger partial charge in [-0.2, -0.15) is 0 Å². The minimum atomic E-state index is -0.0915. The lowest BCUT2D eigenvalue weighted by Gasteiger charge is -2.10. The Balaban J connectivity index is 2.28. The fraction of sp³-hybridized carbons (Fsp3) is 0.133. The van der Waals surface area contributed by atoms with Crippen molar-refractivity contribution in [3.8, 4) is 0 Å². The van der Waals surface area contributed by atoms with E-state index < -0.39 is 0 Å². The highest BCUT2D eigenvalue weighted by Gasteiger charge is 2.10. The van der Waals surface area contributed by atoms with E-state index in [0.29, 0.717) is 5.56 Å². The lowest BCUT2D eigenvalue weighted by Crippen LogP contribution is -2.14. The molecule has 0 aliphatic carbocycles. The van der Waals surface area contributed by atoms with E-state index in [2.05, 4.69) is 37.2 Å². The van der Waals surface area contributed by atoms with Crippen molar-refractivity contribution in [3.63, 3.8) is 0 Å². The summed E-state index contributed by atoms with van der Waals surface area (Å²) in [7, 11) is 0. The number of nitrogens with one attached hydrogen (secondary N) is 1. The predicted molar refractivity (Wildman–Crippen MR) is 85.7 cm³/mol. The number of hydrogen-bond donors (Lipinski definition) is 1. The molecule has 0 bridgehead atoms. The summed E-state index contributed by atoms with van der Waals surface area (Å²) in [4.78, 5) is 12.3. The van der Waals surface area contributed by atoms with E-state index in [1.165, 1.54) is 0 Å². The van der Waals surface area contributed by atoms with E-state index in [0.717, 1.165) is 25.8 Å². The first-order valence-electron chi connectivity index (χ1n) is 5.81. The zero-order valence-corrected chi connectivity index (χ0v) is 13.8. The van der Waals surface area contributed by atoms with Crippen LogP contribution in [0.25, 0.3) is 0 Å². The third-order valence-electron chi connectivity index (χ3n) is 2.88. The van der Waals surface area contributed by atoms with Crippen LogP contribution in [0.4, 0.5) is 5.69 Å². The highest BCUT2D eigenvalue weighted by Crippen LogP contribution is 2.22. The van der Waals surface area contributed by atoms with E-state index in [-0.39, 0.29) is 5.91 Å². The molecule has 2 aromatic rings. The van der Waals surface area contributed by atoms with Crippen LogP contribution in [0.1, 0.15) is 21.5 Å². The molecule has 0 atom stereocenters. The second kappa shape index (κ2) is 5.88. The molecule has 1 N–H and O–H groups in total. The molecule has 0 unspecified atom stereocenters. The van der Waals surface area contributed by atoms with Crippen molar-refractivity contribution in [2.24, 2.45) is 0 Å². The van der Waals surface area contributed by atoms with Crippen LogP contribution in [0.3, 0.4) is 0 Å². The first kappa shape index (κ1) is 14.3. The monoisotopic (exact) mass is 381 g/mol. The molecule has 1 amide bonds. The number of hydrogen-bond acceptors (Lipinski definition) is 1. The van der Waals surface area contributed by atoms with E-state index in [9.17, 15) is 4.79 Å². The van der Waals surface area contributed by atoms with Gasteiger partial charge in [-0.1, -0.05) is 37.9 Å².